The molecule has 4 heteroatoms. The van der Waals surface area contributed by atoms with Crippen LogP contribution in [0.25, 0.3) is 0 Å². The van der Waals surface area contributed by atoms with E-state index in [0.29, 0.717) is 0 Å². The van der Waals surface area contributed by atoms with Crippen molar-refractivity contribution in [3.05, 3.63) is 17.7 Å². The molecule has 2 N–H and O–H groups in total. The second-order valence-electron chi connectivity index (χ2n) is 4.25. The summed E-state index contributed by atoms with van der Waals surface area (Å²) in [6.07, 6.45) is 4.59. The summed E-state index contributed by atoms with van der Waals surface area (Å²) in [7, 11) is 4.09. The quantitative estimate of drug-likeness (QED) is 0.726. The van der Waals surface area contributed by atoms with E-state index in [2.05, 4.69) is 20.2 Å². The van der Waals surface area contributed by atoms with Gasteiger partial charge in [-0.05, 0) is 26.9 Å². The van der Waals surface area contributed by atoms with Gasteiger partial charge in [0, 0.05) is 24.5 Å². The van der Waals surface area contributed by atoms with Crippen LogP contribution in [0.15, 0.2) is 6.20 Å². The largest absolute Gasteiger partial charge is 0.344 e. The van der Waals surface area contributed by atoms with E-state index in [1.165, 1.54) is 18.5 Å². The molecule has 14 heavy (non-hydrogen) atoms. The monoisotopic (exact) mass is 194 g/mol. The molecule has 1 aromatic rings. The molecule has 1 heterocycles. The minimum Gasteiger partial charge on any atom is -0.344 e. The van der Waals surface area contributed by atoms with Gasteiger partial charge in [0.05, 0.1) is 6.54 Å². The van der Waals surface area contributed by atoms with Crippen molar-refractivity contribution in [2.45, 2.75) is 32.0 Å². The summed E-state index contributed by atoms with van der Waals surface area (Å²) < 4.78 is 0. The number of aromatic amines is 1. The highest BCUT2D eigenvalue weighted by Crippen LogP contribution is 2.18. The first-order valence-electron chi connectivity index (χ1n) is 5.15. The molecule has 1 aromatic heterocycles. The predicted octanol–water partition coefficient (Wildman–Crippen LogP) is 0.723. The molecule has 0 amide bonds. The van der Waals surface area contributed by atoms with Crippen LogP contribution in [0.1, 0.15) is 24.4 Å². The molecule has 4 nitrogen and oxygen atoms in total. The Labute approximate surface area is 84.7 Å². The third kappa shape index (κ3) is 2.82. The highest BCUT2D eigenvalue weighted by molar-refractivity contribution is 5.01. The topological polar surface area (TPSA) is 44.0 Å². The molecule has 2 rings (SSSR count). The first kappa shape index (κ1) is 9.68. The number of imidazole rings is 1. The summed E-state index contributed by atoms with van der Waals surface area (Å²) in [4.78, 5) is 9.74. The van der Waals surface area contributed by atoms with E-state index < -0.39 is 0 Å². The highest BCUT2D eigenvalue weighted by Gasteiger charge is 2.20. The van der Waals surface area contributed by atoms with Crippen molar-refractivity contribution in [2.24, 2.45) is 0 Å². The Bertz CT molecular complexity index is 288. The van der Waals surface area contributed by atoms with Crippen molar-refractivity contribution >= 4 is 0 Å². The summed E-state index contributed by atoms with van der Waals surface area (Å²) in [5.74, 6) is 1.04. The molecule has 0 bridgehead atoms. The fourth-order valence-electron chi connectivity index (χ4n) is 1.42. The molecular formula is C10H18N4. The first-order valence-corrected chi connectivity index (χ1v) is 5.15. The summed E-state index contributed by atoms with van der Waals surface area (Å²) in [5, 5.41) is 3.45. The molecule has 1 saturated carbocycles. The summed E-state index contributed by atoms with van der Waals surface area (Å²) in [5.41, 5.74) is 1.19. The van der Waals surface area contributed by atoms with E-state index in [0.717, 1.165) is 25.0 Å². The Kier molecular flexibility index (Phi) is 2.84. The van der Waals surface area contributed by atoms with Crippen molar-refractivity contribution in [3.63, 3.8) is 0 Å². The SMILES string of the molecule is CN(C)Cc1ncc(CNC2CC2)[nH]1. The normalized spacial score (nSPS) is 16.5. The lowest BCUT2D eigenvalue weighted by Gasteiger charge is -2.05. The lowest BCUT2D eigenvalue weighted by Crippen LogP contribution is -2.16. The van der Waals surface area contributed by atoms with E-state index in [-0.39, 0.29) is 0 Å². The van der Waals surface area contributed by atoms with Gasteiger partial charge in [-0.15, -0.1) is 0 Å². The highest BCUT2D eigenvalue weighted by atomic mass is 15.1. The zero-order valence-corrected chi connectivity index (χ0v) is 8.88. The van der Waals surface area contributed by atoms with Gasteiger partial charge in [0.2, 0.25) is 0 Å². The zero-order valence-electron chi connectivity index (χ0n) is 8.88. The number of nitrogens with one attached hydrogen (secondary N) is 2. The third-order valence-electron chi connectivity index (χ3n) is 2.31. The fraction of sp³-hybridized carbons (Fsp3) is 0.700. The van der Waals surface area contributed by atoms with Gasteiger partial charge in [-0.25, -0.2) is 4.98 Å². The summed E-state index contributed by atoms with van der Waals surface area (Å²) >= 11 is 0. The number of nitrogens with zero attached hydrogens (tertiary/aromatic N) is 2. The maximum atomic E-state index is 4.32. The van der Waals surface area contributed by atoms with Crippen LogP contribution in [-0.4, -0.2) is 35.0 Å². The minimum absolute atomic E-state index is 0.760. The lowest BCUT2D eigenvalue weighted by atomic mass is 10.4. The van der Waals surface area contributed by atoms with E-state index >= 15 is 0 Å². The third-order valence-corrected chi connectivity index (χ3v) is 2.31. The number of hydrogen-bond donors (Lipinski definition) is 2. The van der Waals surface area contributed by atoms with Crippen LogP contribution in [-0.2, 0) is 13.1 Å². The van der Waals surface area contributed by atoms with E-state index in [1.807, 2.05) is 20.3 Å². The Balaban J connectivity index is 1.81. The number of H-pyrrole nitrogens is 1. The Morgan fingerprint density at radius 2 is 2.36 bits per heavy atom. The van der Waals surface area contributed by atoms with Crippen molar-refractivity contribution in [1.29, 1.82) is 0 Å². The van der Waals surface area contributed by atoms with Gasteiger partial charge in [-0.3, -0.25) is 0 Å². The maximum absolute atomic E-state index is 4.32. The van der Waals surface area contributed by atoms with E-state index in [4.69, 9.17) is 0 Å². The second kappa shape index (κ2) is 4.11. The molecule has 0 aromatic carbocycles. The number of hydrogen-bond acceptors (Lipinski definition) is 3. The van der Waals surface area contributed by atoms with Crippen molar-refractivity contribution < 1.29 is 0 Å². The van der Waals surface area contributed by atoms with Gasteiger partial charge >= 0.3 is 0 Å². The van der Waals surface area contributed by atoms with Crippen LogP contribution >= 0.6 is 0 Å². The summed E-state index contributed by atoms with van der Waals surface area (Å²) in [6, 6.07) is 0.760. The van der Waals surface area contributed by atoms with Gasteiger partial charge in [0.15, 0.2) is 0 Å². The van der Waals surface area contributed by atoms with Gasteiger partial charge in [0.1, 0.15) is 5.82 Å². The number of aromatic nitrogens is 2. The van der Waals surface area contributed by atoms with Crippen LogP contribution in [0.3, 0.4) is 0 Å². The van der Waals surface area contributed by atoms with Gasteiger partial charge in [-0.1, -0.05) is 0 Å². The van der Waals surface area contributed by atoms with Gasteiger partial charge in [-0.2, -0.15) is 0 Å². The van der Waals surface area contributed by atoms with E-state index in [9.17, 15) is 0 Å². The first-order chi connectivity index (χ1) is 6.74. The molecule has 0 aliphatic heterocycles. The molecule has 0 radical (unpaired) electrons. The molecular weight excluding hydrogens is 176 g/mol. The molecule has 78 valence electrons. The minimum atomic E-state index is 0.760. The van der Waals surface area contributed by atoms with Crippen molar-refractivity contribution in [3.8, 4) is 0 Å². The maximum Gasteiger partial charge on any atom is 0.120 e. The van der Waals surface area contributed by atoms with Gasteiger partial charge < -0.3 is 15.2 Å². The Morgan fingerprint density at radius 3 is 3.00 bits per heavy atom. The standard InChI is InChI=1S/C10H18N4/c1-14(2)7-10-12-6-9(13-10)5-11-8-3-4-8/h6,8,11H,3-5,7H2,1-2H3,(H,12,13). The molecule has 1 fully saturated rings. The smallest absolute Gasteiger partial charge is 0.120 e. The predicted molar refractivity (Wildman–Crippen MR) is 55.8 cm³/mol. The molecule has 0 unspecified atom stereocenters. The van der Waals surface area contributed by atoms with Crippen LogP contribution in [0.4, 0.5) is 0 Å². The van der Waals surface area contributed by atoms with Crippen molar-refractivity contribution in [2.75, 3.05) is 14.1 Å². The molecule has 1 aliphatic carbocycles. The van der Waals surface area contributed by atoms with Crippen LogP contribution in [0.2, 0.25) is 0 Å². The molecule has 0 spiro atoms. The van der Waals surface area contributed by atoms with Crippen LogP contribution < -0.4 is 5.32 Å². The molecule has 0 atom stereocenters. The average molecular weight is 194 g/mol. The average Bonchev–Trinajstić information content (AvgIpc) is 2.84. The van der Waals surface area contributed by atoms with Crippen molar-refractivity contribution in [1.82, 2.24) is 20.2 Å². The number of rotatable bonds is 5. The Hall–Kier alpha value is -0.870. The van der Waals surface area contributed by atoms with E-state index in [1.54, 1.807) is 0 Å². The van der Waals surface area contributed by atoms with Gasteiger partial charge in [0.25, 0.3) is 0 Å². The fourth-order valence-corrected chi connectivity index (χ4v) is 1.42. The Morgan fingerprint density at radius 1 is 1.57 bits per heavy atom. The molecule has 0 saturated heterocycles. The summed E-state index contributed by atoms with van der Waals surface area (Å²) in [6.45, 7) is 1.80. The zero-order chi connectivity index (χ0) is 9.97. The van der Waals surface area contributed by atoms with Crippen LogP contribution in [0, 0.1) is 0 Å². The molecule has 1 aliphatic rings. The van der Waals surface area contributed by atoms with Crippen LogP contribution in [0.5, 0.6) is 0 Å². The lowest BCUT2D eigenvalue weighted by molar-refractivity contribution is 0.391. The second-order valence-corrected chi connectivity index (χ2v) is 4.25.